The lowest BCUT2D eigenvalue weighted by molar-refractivity contribution is 0.0793. The molecule has 6 heteroatoms. The van der Waals surface area contributed by atoms with E-state index in [1.54, 1.807) is 0 Å². The van der Waals surface area contributed by atoms with Crippen LogP contribution in [-0.2, 0) is 0 Å². The van der Waals surface area contributed by atoms with Crippen molar-refractivity contribution in [3.05, 3.63) is 53.0 Å². The Labute approximate surface area is 178 Å². The van der Waals surface area contributed by atoms with E-state index in [2.05, 4.69) is 5.32 Å². The topological polar surface area (TPSA) is 65.8 Å². The molecule has 0 spiro atoms. The highest BCUT2D eigenvalue weighted by Gasteiger charge is 2.30. The molecule has 3 heterocycles. The molecule has 1 aromatic heterocycles. The van der Waals surface area contributed by atoms with E-state index in [4.69, 9.17) is 4.42 Å². The highest BCUT2D eigenvalue weighted by molar-refractivity contribution is 6.04. The van der Waals surface area contributed by atoms with Crippen LogP contribution in [0.2, 0.25) is 0 Å². The van der Waals surface area contributed by atoms with Gasteiger partial charge in [0.1, 0.15) is 11.5 Å². The van der Waals surface area contributed by atoms with Crippen molar-refractivity contribution in [2.75, 3.05) is 25.0 Å². The molecule has 0 unspecified atom stereocenters. The highest BCUT2D eigenvalue weighted by atomic mass is 16.3. The summed E-state index contributed by atoms with van der Waals surface area (Å²) in [4.78, 5) is 30.2. The number of nitrogens with one attached hydrogen (secondary N) is 1. The molecule has 2 aromatic rings. The first kappa shape index (κ1) is 20.5. The Morgan fingerprint density at radius 1 is 0.967 bits per heavy atom. The minimum Gasteiger partial charge on any atom is -0.464 e. The molecule has 0 bridgehead atoms. The number of hydrogen-bond donors (Lipinski definition) is 1. The van der Waals surface area contributed by atoms with Crippen LogP contribution < -0.4 is 5.32 Å². The summed E-state index contributed by atoms with van der Waals surface area (Å²) in [7, 11) is 0. The number of carbonyl (C=O) groups is 2. The fraction of sp³-hybridized carbons (Fsp3) is 0.500. The largest absolute Gasteiger partial charge is 0.464 e. The Kier molecular flexibility index (Phi) is 6.11. The summed E-state index contributed by atoms with van der Waals surface area (Å²) >= 11 is 0. The summed E-state index contributed by atoms with van der Waals surface area (Å²) in [6.45, 7) is 6.11. The summed E-state index contributed by atoms with van der Waals surface area (Å²) in [5.74, 6) is 1.69. The molecule has 160 valence electrons. The molecule has 30 heavy (non-hydrogen) atoms. The molecule has 1 aromatic carbocycles. The second-order valence-corrected chi connectivity index (χ2v) is 8.43. The molecule has 2 aliphatic rings. The number of anilines is 1. The van der Waals surface area contributed by atoms with E-state index >= 15 is 0 Å². The van der Waals surface area contributed by atoms with Gasteiger partial charge in [-0.1, -0.05) is 25.0 Å². The number of nitrogens with zero attached hydrogens (tertiary/aromatic N) is 2. The molecule has 2 saturated heterocycles. The maximum Gasteiger partial charge on any atom is 0.322 e. The van der Waals surface area contributed by atoms with E-state index in [9.17, 15) is 9.59 Å². The number of amides is 3. The van der Waals surface area contributed by atoms with E-state index in [0.29, 0.717) is 17.8 Å². The lowest BCUT2D eigenvalue weighted by Crippen LogP contribution is -2.38. The standard InChI is InChI=1S/C24H31N3O3/c1-17-9-8-10-19(23(28)26-14-6-7-15-26)22(17)25-24(29)27-16-5-3-4-11-20(27)21-13-12-18(2)30-21/h8-10,12-13,20H,3-7,11,14-16H2,1-2H3,(H,25,29)/t20-/m1/s1. The van der Waals surface area contributed by atoms with Crippen LogP contribution in [0.3, 0.4) is 0 Å². The third kappa shape index (κ3) is 4.23. The van der Waals surface area contributed by atoms with E-state index < -0.39 is 0 Å². The first-order chi connectivity index (χ1) is 14.5. The molecular formula is C24H31N3O3. The normalized spacial score (nSPS) is 19.6. The average molecular weight is 410 g/mol. The third-order valence-electron chi connectivity index (χ3n) is 6.23. The zero-order chi connectivity index (χ0) is 21.1. The van der Waals surface area contributed by atoms with Gasteiger partial charge >= 0.3 is 6.03 Å². The SMILES string of the molecule is Cc1ccc([C@H]2CCCCCN2C(=O)Nc2c(C)cccc2C(=O)N2CCCC2)o1. The molecule has 1 atom stereocenters. The molecule has 2 fully saturated rings. The third-order valence-corrected chi connectivity index (χ3v) is 6.23. The van der Waals surface area contributed by atoms with Crippen molar-refractivity contribution in [3.8, 4) is 0 Å². The van der Waals surface area contributed by atoms with E-state index in [-0.39, 0.29) is 18.0 Å². The van der Waals surface area contributed by atoms with Crippen molar-refractivity contribution >= 4 is 17.6 Å². The molecule has 6 nitrogen and oxygen atoms in total. The fourth-order valence-electron chi connectivity index (χ4n) is 4.56. The second kappa shape index (κ2) is 8.94. The van der Waals surface area contributed by atoms with Crippen molar-refractivity contribution < 1.29 is 14.0 Å². The van der Waals surface area contributed by atoms with Crippen LogP contribution in [0.25, 0.3) is 0 Å². The highest BCUT2D eigenvalue weighted by Crippen LogP contribution is 2.32. The Bertz CT molecular complexity index is 914. The van der Waals surface area contributed by atoms with Gasteiger partial charge in [0, 0.05) is 19.6 Å². The van der Waals surface area contributed by atoms with Gasteiger partial charge in [-0.3, -0.25) is 4.79 Å². The molecule has 4 rings (SSSR count). The molecule has 0 saturated carbocycles. The van der Waals surface area contributed by atoms with Crippen molar-refractivity contribution in [1.82, 2.24) is 9.80 Å². The van der Waals surface area contributed by atoms with Crippen LogP contribution in [0.1, 0.15) is 72.0 Å². The molecule has 0 radical (unpaired) electrons. The van der Waals surface area contributed by atoms with Gasteiger partial charge in [0.2, 0.25) is 0 Å². The number of para-hydroxylation sites is 1. The number of benzene rings is 1. The smallest absolute Gasteiger partial charge is 0.322 e. The molecule has 0 aliphatic carbocycles. The van der Waals surface area contributed by atoms with Crippen molar-refractivity contribution in [2.24, 2.45) is 0 Å². The van der Waals surface area contributed by atoms with Gasteiger partial charge in [0.05, 0.1) is 17.3 Å². The van der Waals surface area contributed by atoms with Gasteiger partial charge in [-0.15, -0.1) is 0 Å². The second-order valence-electron chi connectivity index (χ2n) is 8.43. The summed E-state index contributed by atoms with van der Waals surface area (Å²) in [6, 6.07) is 9.31. The number of carbonyl (C=O) groups excluding carboxylic acids is 2. The van der Waals surface area contributed by atoms with Gasteiger partial charge in [-0.05, 0) is 63.3 Å². The fourth-order valence-corrected chi connectivity index (χ4v) is 4.56. The summed E-state index contributed by atoms with van der Waals surface area (Å²) in [5, 5.41) is 3.09. The number of furan rings is 1. The van der Waals surface area contributed by atoms with E-state index in [1.807, 2.05) is 54.0 Å². The van der Waals surface area contributed by atoms with Crippen molar-refractivity contribution in [2.45, 2.75) is 58.4 Å². The monoisotopic (exact) mass is 409 g/mol. The van der Waals surface area contributed by atoms with Crippen molar-refractivity contribution in [3.63, 3.8) is 0 Å². The molecule has 2 aliphatic heterocycles. The molecular weight excluding hydrogens is 378 g/mol. The summed E-state index contributed by atoms with van der Waals surface area (Å²) < 4.78 is 5.88. The summed E-state index contributed by atoms with van der Waals surface area (Å²) in [6.07, 6.45) is 6.10. The first-order valence-corrected chi connectivity index (χ1v) is 11.1. The van der Waals surface area contributed by atoms with Gasteiger partial charge in [-0.25, -0.2) is 4.79 Å². The molecule has 1 N–H and O–H groups in total. The quantitative estimate of drug-likeness (QED) is 0.750. The van der Waals surface area contributed by atoms with Gasteiger partial charge in [0.25, 0.3) is 5.91 Å². The van der Waals surface area contributed by atoms with E-state index in [0.717, 1.165) is 68.7 Å². The van der Waals surface area contributed by atoms with Crippen LogP contribution in [0.15, 0.2) is 34.7 Å². The number of rotatable bonds is 3. The van der Waals surface area contributed by atoms with Crippen LogP contribution in [0.5, 0.6) is 0 Å². The number of hydrogen-bond acceptors (Lipinski definition) is 3. The minimum absolute atomic E-state index is 0.000533. The van der Waals surface area contributed by atoms with Crippen LogP contribution in [0.4, 0.5) is 10.5 Å². The predicted molar refractivity (Wildman–Crippen MR) is 117 cm³/mol. The number of aryl methyl sites for hydroxylation is 2. The van der Waals surface area contributed by atoms with E-state index in [1.165, 1.54) is 0 Å². The number of likely N-dealkylation sites (tertiary alicyclic amines) is 2. The van der Waals surface area contributed by atoms with Gasteiger partial charge in [0.15, 0.2) is 0 Å². The Morgan fingerprint density at radius 3 is 2.47 bits per heavy atom. The zero-order valence-corrected chi connectivity index (χ0v) is 17.9. The minimum atomic E-state index is -0.166. The Morgan fingerprint density at radius 2 is 1.73 bits per heavy atom. The van der Waals surface area contributed by atoms with Crippen LogP contribution in [-0.4, -0.2) is 41.4 Å². The first-order valence-electron chi connectivity index (χ1n) is 11.1. The Hall–Kier alpha value is -2.76. The van der Waals surface area contributed by atoms with Crippen LogP contribution in [0, 0.1) is 13.8 Å². The number of urea groups is 1. The zero-order valence-electron chi connectivity index (χ0n) is 17.9. The lowest BCUT2D eigenvalue weighted by Gasteiger charge is -2.29. The van der Waals surface area contributed by atoms with Gasteiger partial charge < -0.3 is 19.5 Å². The van der Waals surface area contributed by atoms with Gasteiger partial charge in [-0.2, -0.15) is 0 Å². The van der Waals surface area contributed by atoms with Crippen molar-refractivity contribution in [1.29, 1.82) is 0 Å². The Balaban J connectivity index is 1.60. The van der Waals surface area contributed by atoms with Crippen LogP contribution >= 0.6 is 0 Å². The predicted octanol–water partition coefficient (Wildman–Crippen LogP) is 5.28. The average Bonchev–Trinajstić information content (AvgIpc) is 3.36. The lowest BCUT2D eigenvalue weighted by atomic mass is 10.1. The maximum atomic E-state index is 13.4. The molecule has 3 amide bonds. The maximum absolute atomic E-state index is 13.4. The summed E-state index contributed by atoms with van der Waals surface area (Å²) in [5.41, 5.74) is 2.09.